The largest absolute Gasteiger partial charge is 0.309 e. The van der Waals surface area contributed by atoms with Crippen molar-refractivity contribution in [2.24, 2.45) is 0 Å². The first-order chi connectivity index (χ1) is 24.9. The molecule has 9 rings (SSSR count). The fourth-order valence-electron chi connectivity index (χ4n) is 8.16. The average molecular weight is 654 g/mol. The number of rotatable bonds is 6. The SMILES string of the molecule is C=C(/C=C(\C)c1cccc2c1-c1cc(-c3ccc4c(c3)c3ccccc3n4-c3ccccc3)ccc1C2)c1cc(-c2ccccc2)cc(C)c1C. The minimum Gasteiger partial charge on any atom is -0.309 e. The highest BCUT2D eigenvalue weighted by atomic mass is 15.0. The highest BCUT2D eigenvalue weighted by Crippen LogP contribution is 2.44. The van der Waals surface area contributed by atoms with Crippen LogP contribution in [0.3, 0.4) is 0 Å². The van der Waals surface area contributed by atoms with E-state index in [9.17, 15) is 0 Å². The highest BCUT2D eigenvalue weighted by molar-refractivity contribution is 6.10. The molecule has 1 nitrogen and oxygen atoms in total. The van der Waals surface area contributed by atoms with Crippen LogP contribution >= 0.6 is 0 Å². The van der Waals surface area contributed by atoms with Crippen LogP contribution in [0.2, 0.25) is 0 Å². The van der Waals surface area contributed by atoms with Gasteiger partial charge in [-0.15, -0.1) is 0 Å². The fourth-order valence-corrected chi connectivity index (χ4v) is 8.16. The Morgan fingerprint density at radius 1 is 0.569 bits per heavy atom. The molecule has 1 aliphatic carbocycles. The number of para-hydroxylation sites is 2. The van der Waals surface area contributed by atoms with Crippen LogP contribution < -0.4 is 0 Å². The molecule has 0 radical (unpaired) electrons. The van der Waals surface area contributed by atoms with E-state index < -0.39 is 0 Å². The molecule has 244 valence electrons. The summed E-state index contributed by atoms with van der Waals surface area (Å²) in [4.78, 5) is 0. The van der Waals surface area contributed by atoms with E-state index >= 15 is 0 Å². The Morgan fingerprint density at radius 2 is 1.27 bits per heavy atom. The molecule has 0 fully saturated rings. The van der Waals surface area contributed by atoms with Crippen LogP contribution in [0.1, 0.15) is 40.3 Å². The van der Waals surface area contributed by atoms with E-state index in [0.717, 1.165) is 12.0 Å². The van der Waals surface area contributed by atoms with Crippen molar-refractivity contribution in [1.82, 2.24) is 4.57 Å². The molecule has 1 heteroatoms. The van der Waals surface area contributed by atoms with E-state index in [1.54, 1.807) is 0 Å². The third kappa shape index (κ3) is 5.25. The van der Waals surface area contributed by atoms with Crippen molar-refractivity contribution in [3.63, 3.8) is 0 Å². The lowest BCUT2D eigenvalue weighted by Gasteiger charge is -2.15. The molecule has 0 unspecified atom stereocenters. The Labute approximate surface area is 300 Å². The molecular weight excluding hydrogens is 615 g/mol. The summed E-state index contributed by atoms with van der Waals surface area (Å²) in [5.41, 5.74) is 21.3. The summed E-state index contributed by atoms with van der Waals surface area (Å²) in [6.07, 6.45) is 3.23. The van der Waals surface area contributed by atoms with Gasteiger partial charge in [-0.25, -0.2) is 0 Å². The molecule has 8 aromatic rings. The number of hydrogen-bond acceptors (Lipinski definition) is 0. The van der Waals surface area contributed by atoms with Crippen LogP contribution in [0.4, 0.5) is 0 Å². The topological polar surface area (TPSA) is 4.93 Å². The number of aromatic nitrogens is 1. The second kappa shape index (κ2) is 12.3. The summed E-state index contributed by atoms with van der Waals surface area (Å²) in [5, 5.41) is 2.54. The van der Waals surface area contributed by atoms with Crippen molar-refractivity contribution in [1.29, 1.82) is 0 Å². The van der Waals surface area contributed by atoms with Gasteiger partial charge in [0, 0.05) is 16.5 Å². The zero-order valence-corrected chi connectivity index (χ0v) is 29.4. The van der Waals surface area contributed by atoms with Gasteiger partial charge in [-0.05, 0) is 148 Å². The second-order valence-electron chi connectivity index (χ2n) is 14.0. The van der Waals surface area contributed by atoms with Crippen molar-refractivity contribution in [3.8, 4) is 39.1 Å². The summed E-state index contributed by atoms with van der Waals surface area (Å²) in [6.45, 7) is 11.3. The minimum absolute atomic E-state index is 0.952. The minimum atomic E-state index is 0.952. The molecule has 0 saturated heterocycles. The van der Waals surface area contributed by atoms with Gasteiger partial charge in [-0.2, -0.15) is 0 Å². The Kier molecular flexibility index (Phi) is 7.44. The van der Waals surface area contributed by atoms with Gasteiger partial charge < -0.3 is 4.57 Å². The molecule has 0 aliphatic heterocycles. The van der Waals surface area contributed by atoms with Crippen LogP contribution in [0, 0.1) is 13.8 Å². The Balaban J connectivity index is 1.11. The number of allylic oxidation sites excluding steroid dienone is 3. The summed E-state index contributed by atoms with van der Waals surface area (Å²) < 4.78 is 2.38. The Bertz CT molecular complexity index is 2690. The maximum atomic E-state index is 4.61. The molecule has 0 spiro atoms. The van der Waals surface area contributed by atoms with Crippen LogP contribution in [0.15, 0.2) is 164 Å². The van der Waals surface area contributed by atoms with Gasteiger partial charge in [-0.3, -0.25) is 0 Å². The molecule has 0 atom stereocenters. The fraction of sp³-hybridized carbons (Fsp3) is 0.0800. The third-order valence-electron chi connectivity index (χ3n) is 10.9. The number of benzene rings is 7. The molecule has 1 aromatic heterocycles. The average Bonchev–Trinajstić information content (AvgIpc) is 3.71. The summed E-state index contributed by atoms with van der Waals surface area (Å²) >= 11 is 0. The quantitative estimate of drug-likeness (QED) is 0.157. The van der Waals surface area contributed by atoms with E-state index in [-0.39, 0.29) is 0 Å². The van der Waals surface area contributed by atoms with Crippen LogP contribution in [0.25, 0.3) is 72.0 Å². The highest BCUT2D eigenvalue weighted by Gasteiger charge is 2.23. The van der Waals surface area contributed by atoms with Gasteiger partial charge in [-0.1, -0.05) is 122 Å². The lowest BCUT2D eigenvalue weighted by molar-refractivity contribution is 1.18. The predicted molar refractivity (Wildman–Crippen MR) is 218 cm³/mol. The van der Waals surface area contributed by atoms with Crippen molar-refractivity contribution in [3.05, 3.63) is 198 Å². The molecule has 0 N–H and O–H groups in total. The molecule has 51 heavy (non-hydrogen) atoms. The summed E-state index contributed by atoms with van der Waals surface area (Å²) in [7, 11) is 0. The van der Waals surface area contributed by atoms with E-state index in [4.69, 9.17) is 0 Å². The molecule has 0 amide bonds. The molecule has 7 aromatic carbocycles. The first-order valence-corrected chi connectivity index (χ1v) is 17.8. The first-order valence-electron chi connectivity index (χ1n) is 17.8. The number of nitrogens with zero attached hydrogens (tertiary/aromatic N) is 1. The molecule has 0 bridgehead atoms. The van der Waals surface area contributed by atoms with Crippen LogP contribution in [-0.2, 0) is 6.42 Å². The molecule has 1 aliphatic rings. The van der Waals surface area contributed by atoms with Crippen molar-refractivity contribution >= 4 is 33.0 Å². The number of aryl methyl sites for hydroxylation is 1. The molecular formula is C50H39N. The zero-order valence-electron chi connectivity index (χ0n) is 29.4. The third-order valence-corrected chi connectivity index (χ3v) is 10.9. The van der Waals surface area contributed by atoms with Gasteiger partial charge in [0.15, 0.2) is 0 Å². The van der Waals surface area contributed by atoms with E-state index in [2.05, 4.69) is 190 Å². The monoisotopic (exact) mass is 653 g/mol. The van der Waals surface area contributed by atoms with Crippen LogP contribution in [-0.4, -0.2) is 4.57 Å². The van der Waals surface area contributed by atoms with E-state index in [1.165, 1.54) is 99.8 Å². The molecule has 1 heterocycles. The van der Waals surface area contributed by atoms with E-state index in [1.807, 2.05) is 0 Å². The molecule has 0 saturated carbocycles. The first kappa shape index (κ1) is 30.8. The van der Waals surface area contributed by atoms with Crippen molar-refractivity contribution in [2.75, 3.05) is 0 Å². The maximum absolute atomic E-state index is 4.61. The van der Waals surface area contributed by atoms with Gasteiger partial charge >= 0.3 is 0 Å². The maximum Gasteiger partial charge on any atom is 0.0541 e. The zero-order chi connectivity index (χ0) is 34.6. The van der Waals surface area contributed by atoms with Gasteiger partial charge in [0.05, 0.1) is 11.0 Å². The van der Waals surface area contributed by atoms with Gasteiger partial charge in [0.25, 0.3) is 0 Å². The van der Waals surface area contributed by atoms with Crippen molar-refractivity contribution in [2.45, 2.75) is 27.2 Å². The lowest BCUT2D eigenvalue weighted by atomic mass is 9.89. The standard InChI is InChI=1S/C50H39N/c1-32-27-41(36-14-7-5-8-15-36)31-45(35(32)4)34(3)26-33(2)43-20-13-16-40-28-39-23-22-37(29-46(39)50(40)43)38-24-25-49-47(30-38)44-19-11-12-21-48(44)51(49)42-17-9-6-10-18-42/h5-27,29-31H,3,28H2,1-2,4H3/b33-26+. The summed E-state index contributed by atoms with van der Waals surface area (Å²) in [6, 6.07) is 55.4. The van der Waals surface area contributed by atoms with Crippen molar-refractivity contribution < 1.29 is 0 Å². The van der Waals surface area contributed by atoms with Gasteiger partial charge in [0.1, 0.15) is 0 Å². The predicted octanol–water partition coefficient (Wildman–Crippen LogP) is 13.4. The Hall–Kier alpha value is -6.18. The lowest BCUT2D eigenvalue weighted by Crippen LogP contribution is -1.94. The smallest absolute Gasteiger partial charge is 0.0541 e. The normalized spacial score (nSPS) is 12.3. The van der Waals surface area contributed by atoms with E-state index in [0.29, 0.717) is 0 Å². The number of hydrogen-bond donors (Lipinski definition) is 0. The van der Waals surface area contributed by atoms with Gasteiger partial charge in [0.2, 0.25) is 0 Å². The Morgan fingerprint density at radius 3 is 2.10 bits per heavy atom. The number of fused-ring (bicyclic) bond motifs is 6. The summed E-state index contributed by atoms with van der Waals surface area (Å²) in [5.74, 6) is 0. The second-order valence-corrected chi connectivity index (χ2v) is 14.0. The van der Waals surface area contributed by atoms with Crippen LogP contribution in [0.5, 0.6) is 0 Å².